The molecule has 1 aliphatic rings. The van der Waals surface area contributed by atoms with Gasteiger partial charge in [0, 0.05) is 11.1 Å². The van der Waals surface area contributed by atoms with Crippen molar-refractivity contribution in [3.05, 3.63) is 53.1 Å². The highest BCUT2D eigenvalue weighted by Gasteiger charge is 2.42. The van der Waals surface area contributed by atoms with E-state index in [0.29, 0.717) is 41.2 Å². The van der Waals surface area contributed by atoms with Crippen LogP contribution in [0.25, 0.3) is 0 Å². The molecular weight excluding hydrogens is 382 g/mol. The first-order valence-electron chi connectivity index (χ1n) is 10.2. The fourth-order valence-electron chi connectivity index (χ4n) is 4.18. The van der Waals surface area contributed by atoms with Gasteiger partial charge in [-0.3, -0.25) is 9.59 Å². The molecule has 0 spiro atoms. The molecule has 6 nitrogen and oxygen atoms in total. The second kappa shape index (κ2) is 9.20. The van der Waals surface area contributed by atoms with Crippen molar-refractivity contribution in [3.8, 4) is 17.2 Å². The van der Waals surface area contributed by atoms with Gasteiger partial charge >= 0.3 is 0 Å². The summed E-state index contributed by atoms with van der Waals surface area (Å²) < 4.78 is 16.1. The Hall–Kier alpha value is -3.02. The van der Waals surface area contributed by atoms with Crippen LogP contribution in [-0.2, 0) is 0 Å². The lowest BCUT2D eigenvalue weighted by Gasteiger charge is -2.37. The van der Waals surface area contributed by atoms with Crippen molar-refractivity contribution in [2.45, 2.75) is 44.6 Å². The molecule has 0 unspecified atom stereocenters. The third kappa shape index (κ3) is 4.13. The summed E-state index contributed by atoms with van der Waals surface area (Å²) in [6, 6.07) is 10.5. The van der Waals surface area contributed by atoms with Crippen LogP contribution < -0.4 is 19.5 Å². The molecule has 1 aliphatic carbocycles. The molecule has 0 aromatic heterocycles. The van der Waals surface area contributed by atoms with E-state index in [-0.39, 0.29) is 11.7 Å². The van der Waals surface area contributed by atoms with Crippen LogP contribution in [0.3, 0.4) is 0 Å². The Morgan fingerprint density at radius 2 is 1.57 bits per heavy atom. The van der Waals surface area contributed by atoms with Crippen molar-refractivity contribution >= 4 is 11.7 Å². The lowest BCUT2D eigenvalue weighted by Crippen LogP contribution is -2.55. The molecular formula is C24H29NO5. The summed E-state index contributed by atoms with van der Waals surface area (Å²) in [6.07, 6.45) is 3.95. The lowest BCUT2D eigenvalue weighted by atomic mass is 9.76. The minimum absolute atomic E-state index is 0.146. The van der Waals surface area contributed by atoms with E-state index in [2.05, 4.69) is 5.32 Å². The molecule has 30 heavy (non-hydrogen) atoms. The Labute approximate surface area is 177 Å². The molecule has 160 valence electrons. The van der Waals surface area contributed by atoms with Gasteiger partial charge in [0.2, 0.25) is 0 Å². The number of carbonyl (C=O) groups is 2. The minimum Gasteiger partial charge on any atom is -0.497 e. The predicted octanol–water partition coefficient (Wildman–Crippen LogP) is 4.34. The molecule has 6 heteroatoms. The van der Waals surface area contributed by atoms with Gasteiger partial charge in [0.1, 0.15) is 22.8 Å². The number of hydrogen-bond donors (Lipinski definition) is 1. The van der Waals surface area contributed by atoms with E-state index in [4.69, 9.17) is 14.2 Å². The van der Waals surface area contributed by atoms with Crippen molar-refractivity contribution in [2.24, 2.45) is 0 Å². The van der Waals surface area contributed by atoms with Gasteiger partial charge in [0.15, 0.2) is 5.78 Å². The summed E-state index contributed by atoms with van der Waals surface area (Å²) in [6.45, 7) is 1.84. The van der Waals surface area contributed by atoms with Gasteiger partial charge in [-0.05, 0) is 50.1 Å². The first kappa shape index (κ1) is 21.7. The van der Waals surface area contributed by atoms with E-state index in [1.165, 1.54) is 7.11 Å². The van der Waals surface area contributed by atoms with E-state index in [1.807, 2.05) is 13.0 Å². The number of methoxy groups -OCH3 is 3. The Kier molecular flexibility index (Phi) is 6.65. The molecule has 2 aromatic carbocycles. The Balaban J connectivity index is 2.00. The number of nitrogens with one attached hydrogen (secondary N) is 1. The van der Waals surface area contributed by atoms with E-state index >= 15 is 0 Å². The zero-order valence-electron chi connectivity index (χ0n) is 18.0. The molecule has 0 radical (unpaired) electrons. The Morgan fingerprint density at radius 1 is 0.867 bits per heavy atom. The van der Waals surface area contributed by atoms with Crippen molar-refractivity contribution in [1.29, 1.82) is 0 Å². The summed E-state index contributed by atoms with van der Waals surface area (Å²) in [7, 11) is 4.66. The maximum absolute atomic E-state index is 13.8. The van der Waals surface area contributed by atoms with Crippen molar-refractivity contribution in [3.63, 3.8) is 0 Å². The van der Waals surface area contributed by atoms with Crippen LogP contribution in [0.4, 0.5) is 0 Å². The molecule has 0 aliphatic heterocycles. The molecule has 0 bridgehead atoms. The van der Waals surface area contributed by atoms with E-state index in [9.17, 15) is 9.59 Å². The summed E-state index contributed by atoms with van der Waals surface area (Å²) in [4.78, 5) is 27.0. The standard InChI is InChI=1S/C24H29NO5/c1-16-18(9-8-10-20(16)29-3)23(27)25-24(13-6-5-7-14-24)22(26)19-15-17(28-2)11-12-21(19)30-4/h8-12,15H,5-7,13-14H2,1-4H3,(H,25,27). The van der Waals surface area contributed by atoms with Crippen molar-refractivity contribution < 1.29 is 23.8 Å². The number of carbonyl (C=O) groups excluding carboxylic acids is 2. The average Bonchev–Trinajstić information content (AvgIpc) is 2.78. The van der Waals surface area contributed by atoms with E-state index in [0.717, 1.165) is 24.8 Å². The normalized spacial score (nSPS) is 15.2. The monoisotopic (exact) mass is 411 g/mol. The third-order valence-electron chi connectivity index (χ3n) is 5.89. The largest absolute Gasteiger partial charge is 0.497 e. The highest BCUT2D eigenvalue weighted by Crippen LogP contribution is 2.36. The summed E-state index contributed by atoms with van der Waals surface area (Å²) in [5.74, 6) is 1.26. The number of rotatable bonds is 7. The quantitative estimate of drug-likeness (QED) is 0.686. The van der Waals surface area contributed by atoms with Crippen molar-refractivity contribution in [1.82, 2.24) is 5.32 Å². The van der Waals surface area contributed by atoms with Gasteiger partial charge in [0.25, 0.3) is 5.91 Å². The maximum Gasteiger partial charge on any atom is 0.252 e. The van der Waals surface area contributed by atoms with Crippen LogP contribution in [-0.4, -0.2) is 38.6 Å². The molecule has 1 saturated carbocycles. The van der Waals surface area contributed by atoms with Crippen LogP contribution in [0, 0.1) is 6.92 Å². The first-order chi connectivity index (χ1) is 14.5. The third-order valence-corrected chi connectivity index (χ3v) is 5.89. The van der Waals surface area contributed by atoms with Crippen molar-refractivity contribution in [2.75, 3.05) is 21.3 Å². The van der Waals surface area contributed by atoms with Gasteiger partial charge in [-0.2, -0.15) is 0 Å². The van der Waals surface area contributed by atoms with Gasteiger partial charge in [0.05, 0.1) is 26.9 Å². The summed E-state index contributed by atoms with van der Waals surface area (Å²) in [5, 5.41) is 3.09. The lowest BCUT2D eigenvalue weighted by molar-refractivity contribution is 0.0711. The summed E-state index contributed by atoms with van der Waals surface area (Å²) in [5.41, 5.74) is 0.686. The van der Waals surface area contributed by atoms with Crippen LogP contribution in [0.5, 0.6) is 17.2 Å². The van der Waals surface area contributed by atoms with Gasteiger partial charge in [-0.15, -0.1) is 0 Å². The highest BCUT2D eigenvalue weighted by molar-refractivity contribution is 6.09. The summed E-state index contributed by atoms with van der Waals surface area (Å²) >= 11 is 0. The fourth-order valence-corrected chi connectivity index (χ4v) is 4.18. The second-order valence-electron chi connectivity index (χ2n) is 7.63. The number of benzene rings is 2. The number of Topliss-reactive ketones (excluding diaryl/α,β-unsaturated/α-hetero) is 1. The van der Waals surface area contributed by atoms with Crippen LogP contribution in [0.2, 0.25) is 0 Å². The smallest absolute Gasteiger partial charge is 0.252 e. The number of amides is 1. The van der Waals surface area contributed by atoms with E-state index in [1.54, 1.807) is 44.6 Å². The maximum atomic E-state index is 13.8. The predicted molar refractivity (Wildman–Crippen MR) is 115 cm³/mol. The molecule has 3 rings (SSSR count). The molecule has 1 fully saturated rings. The minimum atomic E-state index is -0.982. The second-order valence-corrected chi connectivity index (χ2v) is 7.63. The molecule has 0 heterocycles. The van der Waals surface area contributed by atoms with Crippen LogP contribution >= 0.6 is 0 Å². The molecule has 2 aromatic rings. The highest BCUT2D eigenvalue weighted by atomic mass is 16.5. The van der Waals surface area contributed by atoms with Gasteiger partial charge < -0.3 is 19.5 Å². The molecule has 0 saturated heterocycles. The van der Waals surface area contributed by atoms with E-state index < -0.39 is 5.54 Å². The zero-order valence-corrected chi connectivity index (χ0v) is 18.0. The topological polar surface area (TPSA) is 73.9 Å². The Bertz CT molecular complexity index is 931. The zero-order chi connectivity index (χ0) is 21.7. The average molecular weight is 411 g/mol. The first-order valence-corrected chi connectivity index (χ1v) is 10.2. The molecule has 1 amide bonds. The van der Waals surface area contributed by atoms with Crippen LogP contribution in [0.15, 0.2) is 36.4 Å². The fraction of sp³-hybridized carbons (Fsp3) is 0.417. The van der Waals surface area contributed by atoms with Gasteiger partial charge in [-0.25, -0.2) is 0 Å². The molecule has 1 N–H and O–H groups in total. The SMILES string of the molecule is COc1ccc(OC)c(C(=O)C2(NC(=O)c3cccc(OC)c3C)CCCCC2)c1. The molecule has 0 atom stereocenters. The Morgan fingerprint density at radius 3 is 2.20 bits per heavy atom. The van der Waals surface area contributed by atoms with Crippen LogP contribution in [0.1, 0.15) is 58.4 Å². The number of ketones is 1. The van der Waals surface area contributed by atoms with Gasteiger partial charge in [-0.1, -0.05) is 25.3 Å². The number of hydrogen-bond acceptors (Lipinski definition) is 5. The number of ether oxygens (including phenoxy) is 3.